The average molecular weight is 218 g/mol. The van der Waals surface area contributed by atoms with Gasteiger partial charge in [-0.1, -0.05) is 0 Å². The van der Waals surface area contributed by atoms with Crippen molar-refractivity contribution in [3.8, 4) is 0 Å². The summed E-state index contributed by atoms with van der Waals surface area (Å²) in [6.45, 7) is 7.07. The van der Waals surface area contributed by atoms with Crippen molar-refractivity contribution in [1.82, 2.24) is 0 Å². The van der Waals surface area contributed by atoms with Crippen molar-refractivity contribution in [3.63, 3.8) is 0 Å². The smallest absolute Gasteiger partial charge is 0.435 e. The molecule has 1 atom stereocenters. The van der Waals surface area contributed by atoms with Gasteiger partial charge in [0.2, 0.25) is 0 Å². The average Bonchev–Trinajstić information content (AvgIpc) is 1.94. The molecule has 0 aliphatic carbocycles. The first-order valence-electron chi connectivity index (χ1n) is 5.06. The van der Waals surface area contributed by atoms with Gasteiger partial charge in [-0.05, 0) is 27.7 Å². The molecule has 0 spiro atoms. The molecule has 0 aromatic carbocycles. The first kappa shape index (κ1) is 12.4. The summed E-state index contributed by atoms with van der Waals surface area (Å²) in [6.07, 6.45) is -1.85. The van der Waals surface area contributed by atoms with Crippen molar-refractivity contribution >= 4 is 6.09 Å². The van der Waals surface area contributed by atoms with Crippen LogP contribution in [0.25, 0.3) is 0 Å². The van der Waals surface area contributed by atoms with Crippen molar-refractivity contribution in [1.29, 1.82) is 0 Å². The molecule has 5 nitrogen and oxygen atoms in total. The highest BCUT2D eigenvalue weighted by Gasteiger charge is 2.66. The molecular formula is C10H20NO4+. The first-order valence-corrected chi connectivity index (χ1v) is 5.06. The van der Waals surface area contributed by atoms with Crippen LogP contribution >= 0.6 is 0 Å². The Hall–Kier alpha value is -0.650. The van der Waals surface area contributed by atoms with E-state index in [0.717, 1.165) is 0 Å². The first-order chi connectivity index (χ1) is 6.55. The van der Waals surface area contributed by atoms with Gasteiger partial charge in [-0.2, -0.15) is 4.79 Å². The molecule has 1 aliphatic heterocycles. The van der Waals surface area contributed by atoms with Crippen LogP contribution in [0.2, 0.25) is 0 Å². The molecule has 1 fully saturated rings. The monoisotopic (exact) mass is 218 g/mol. The van der Waals surface area contributed by atoms with Crippen LogP contribution in [0.3, 0.4) is 0 Å². The number of aliphatic hydroxyl groups excluding tert-OH is 1. The van der Waals surface area contributed by atoms with Gasteiger partial charge in [0.1, 0.15) is 18.6 Å². The minimum Gasteiger partial charge on any atom is -0.435 e. The van der Waals surface area contributed by atoms with Crippen LogP contribution in [-0.4, -0.2) is 56.2 Å². The normalized spacial score (nSPS) is 38.3. The zero-order valence-corrected chi connectivity index (χ0v) is 9.69. The predicted octanol–water partition coefficient (Wildman–Crippen LogP) is 0.405. The Morgan fingerprint density at radius 1 is 1.40 bits per heavy atom. The number of carbonyl (C=O) groups is 1. The van der Waals surface area contributed by atoms with E-state index >= 15 is 0 Å². The molecule has 1 aliphatic rings. The molecule has 3 N–H and O–H groups in total. The second-order valence-electron chi connectivity index (χ2n) is 5.52. The van der Waals surface area contributed by atoms with E-state index in [-0.39, 0.29) is 17.6 Å². The molecule has 1 unspecified atom stereocenters. The molecule has 88 valence electrons. The lowest BCUT2D eigenvalue weighted by atomic mass is 9.81. The molecule has 1 heterocycles. The number of amides is 1. The van der Waals surface area contributed by atoms with Gasteiger partial charge in [-0.15, -0.1) is 0 Å². The molecule has 0 saturated carbocycles. The third-order valence-electron chi connectivity index (χ3n) is 3.52. The summed E-state index contributed by atoms with van der Waals surface area (Å²) in [5, 5.41) is 28.5. The maximum atomic E-state index is 11.2. The van der Waals surface area contributed by atoms with E-state index in [9.17, 15) is 20.1 Å². The fourth-order valence-corrected chi connectivity index (χ4v) is 2.05. The predicted molar refractivity (Wildman–Crippen MR) is 54.4 cm³/mol. The van der Waals surface area contributed by atoms with E-state index in [4.69, 9.17) is 0 Å². The molecule has 0 aromatic rings. The van der Waals surface area contributed by atoms with Gasteiger partial charge < -0.3 is 15.3 Å². The zero-order chi connectivity index (χ0) is 12.1. The van der Waals surface area contributed by atoms with E-state index < -0.39 is 23.3 Å². The van der Waals surface area contributed by atoms with E-state index in [1.807, 2.05) is 20.8 Å². The van der Waals surface area contributed by atoms with Crippen LogP contribution in [0, 0.1) is 0 Å². The number of aliphatic hydroxyl groups is 2. The van der Waals surface area contributed by atoms with Gasteiger partial charge >= 0.3 is 6.09 Å². The Kier molecular flexibility index (Phi) is 2.62. The largest absolute Gasteiger partial charge is 0.514 e. The van der Waals surface area contributed by atoms with Crippen molar-refractivity contribution < 1.29 is 24.6 Å². The van der Waals surface area contributed by atoms with Crippen LogP contribution in [0.4, 0.5) is 4.79 Å². The third-order valence-corrected chi connectivity index (χ3v) is 3.52. The van der Waals surface area contributed by atoms with Crippen molar-refractivity contribution in [2.75, 3.05) is 13.1 Å². The number of hydrogen-bond donors (Lipinski definition) is 3. The fraction of sp³-hybridized carbons (Fsp3) is 0.900. The highest BCUT2D eigenvalue weighted by molar-refractivity contribution is 5.58. The molecular weight excluding hydrogens is 198 g/mol. The van der Waals surface area contributed by atoms with Crippen LogP contribution in [0.1, 0.15) is 27.7 Å². The zero-order valence-electron chi connectivity index (χ0n) is 9.69. The summed E-state index contributed by atoms with van der Waals surface area (Å²) in [5.41, 5.74) is -1.74. The number of hydrogen-bond acceptors (Lipinski definition) is 3. The lowest BCUT2D eigenvalue weighted by Crippen LogP contribution is -2.83. The van der Waals surface area contributed by atoms with E-state index in [0.29, 0.717) is 0 Å². The van der Waals surface area contributed by atoms with Crippen LogP contribution in [0.15, 0.2) is 0 Å². The summed E-state index contributed by atoms with van der Waals surface area (Å²) in [5.74, 6) is 0. The number of likely N-dealkylation sites (tertiary alicyclic amines) is 1. The minimum atomic E-state index is -1.26. The maximum Gasteiger partial charge on any atom is 0.514 e. The Bertz CT molecular complexity index is 274. The topological polar surface area (TPSA) is 77.8 Å². The number of carboxylic acid groups (broad SMARTS) is 1. The molecule has 1 saturated heterocycles. The van der Waals surface area contributed by atoms with Gasteiger partial charge in [0.25, 0.3) is 0 Å². The third kappa shape index (κ3) is 1.64. The molecule has 1 amide bonds. The molecule has 5 heteroatoms. The van der Waals surface area contributed by atoms with Gasteiger partial charge in [-0.25, -0.2) is 4.48 Å². The molecule has 1 rings (SSSR count). The lowest BCUT2D eigenvalue weighted by molar-refractivity contribution is -0.959. The lowest BCUT2D eigenvalue weighted by Gasteiger charge is -2.57. The quantitative estimate of drug-likeness (QED) is 0.557. The Labute approximate surface area is 89.5 Å². The minimum absolute atomic E-state index is 0.0590. The molecule has 0 aromatic heterocycles. The molecule has 15 heavy (non-hydrogen) atoms. The van der Waals surface area contributed by atoms with Crippen LogP contribution in [-0.2, 0) is 0 Å². The van der Waals surface area contributed by atoms with Crippen molar-refractivity contribution in [2.24, 2.45) is 0 Å². The van der Waals surface area contributed by atoms with Crippen LogP contribution < -0.4 is 0 Å². The highest BCUT2D eigenvalue weighted by Crippen LogP contribution is 2.40. The van der Waals surface area contributed by atoms with Crippen molar-refractivity contribution in [3.05, 3.63) is 0 Å². The number of nitrogens with zero attached hydrogens (tertiary/aromatic N) is 1. The summed E-state index contributed by atoms with van der Waals surface area (Å²) in [7, 11) is 0. The standard InChI is InChI=1S/C10H19NO4/c1-7(12)10(15)5-11(6-10,8(13)14)9(2,3)4/h7,12,15H,5-6H2,1-4H3/p+1. The number of quaternary nitrogens is 1. The summed E-state index contributed by atoms with van der Waals surface area (Å²) >= 11 is 0. The van der Waals surface area contributed by atoms with Crippen molar-refractivity contribution in [2.45, 2.75) is 44.9 Å². The van der Waals surface area contributed by atoms with Gasteiger partial charge in [0.15, 0.2) is 5.60 Å². The Morgan fingerprint density at radius 2 is 1.80 bits per heavy atom. The van der Waals surface area contributed by atoms with E-state index in [2.05, 4.69) is 0 Å². The maximum absolute atomic E-state index is 11.2. The second-order valence-corrected chi connectivity index (χ2v) is 5.52. The Morgan fingerprint density at radius 3 is 2.00 bits per heavy atom. The van der Waals surface area contributed by atoms with Gasteiger partial charge in [-0.3, -0.25) is 0 Å². The van der Waals surface area contributed by atoms with E-state index in [1.165, 1.54) is 6.92 Å². The summed E-state index contributed by atoms with van der Waals surface area (Å²) in [6, 6.07) is 0. The molecule has 0 bridgehead atoms. The highest BCUT2D eigenvalue weighted by atomic mass is 16.4. The van der Waals surface area contributed by atoms with Gasteiger partial charge in [0.05, 0.1) is 6.10 Å². The fourth-order valence-electron chi connectivity index (χ4n) is 2.05. The number of rotatable bonds is 1. The summed E-state index contributed by atoms with van der Waals surface area (Å²) < 4.78 is -0.200. The van der Waals surface area contributed by atoms with Gasteiger partial charge in [0, 0.05) is 0 Å². The van der Waals surface area contributed by atoms with E-state index in [1.54, 1.807) is 0 Å². The Balaban J connectivity index is 2.92. The SMILES string of the molecule is CC(O)C1(O)C[N+](C(=O)O)(C(C)(C)C)C1. The van der Waals surface area contributed by atoms with Crippen LogP contribution in [0.5, 0.6) is 0 Å². The molecule has 0 radical (unpaired) electrons. The second kappa shape index (κ2) is 3.17. The summed E-state index contributed by atoms with van der Waals surface area (Å²) in [4.78, 5) is 11.2.